The number of nitrogens with one attached hydrogen (secondary N) is 2. The first kappa shape index (κ1) is 27.8. The zero-order valence-electron chi connectivity index (χ0n) is 23.4. The molecule has 5 aromatic rings. The van der Waals surface area contributed by atoms with Gasteiger partial charge < -0.3 is 24.7 Å². The van der Waals surface area contributed by atoms with Crippen LogP contribution in [0.15, 0.2) is 108 Å². The number of carbonyl (C=O) groups excluding carboxylic acids is 1. The number of rotatable bonds is 11. The number of nitrogens with zero attached hydrogens (tertiary/aromatic N) is 3. The third-order valence-corrected chi connectivity index (χ3v) is 6.53. The average molecular weight is 548 g/mol. The minimum absolute atomic E-state index is 0.139. The summed E-state index contributed by atoms with van der Waals surface area (Å²) in [6, 6.07) is 27.6. The largest absolute Gasteiger partial charge is 0.437 e. The van der Waals surface area contributed by atoms with Crippen molar-refractivity contribution in [1.82, 2.24) is 14.9 Å². The molecule has 0 aliphatic rings. The Bertz CT molecular complexity index is 1630. The lowest BCUT2D eigenvalue weighted by Crippen LogP contribution is -2.17. The molecule has 0 radical (unpaired) electrons. The summed E-state index contributed by atoms with van der Waals surface area (Å²) in [5, 5.41) is 7.29. The van der Waals surface area contributed by atoms with Gasteiger partial charge in [-0.15, -0.1) is 0 Å². The van der Waals surface area contributed by atoms with Gasteiger partial charge in [-0.3, -0.25) is 4.79 Å². The van der Waals surface area contributed by atoms with Gasteiger partial charge in [-0.2, -0.15) is 0 Å². The Labute approximate surface area is 239 Å². The maximum atomic E-state index is 12.5. The van der Waals surface area contributed by atoms with Crippen molar-refractivity contribution in [3.63, 3.8) is 0 Å². The van der Waals surface area contributed by atoms with Crippen molar-refractivity contribution in [3.05, 3.63) is 109 Å². The van der Waals surface area contributed by atoms with E-state index in [0.717, 1.165) is 27.6 Å². The number of hydrogen-bond acceptors (Lipinski definition) is 7. The van der Waals surface area contributed by atoms with Crippen LogP contribution in [0, 0.1) is 0 Å². The lowest BCUT2D eigenvalue weighted by molar-refractivity contribution is -0.111. The summed E-state index contributed by atoms with van der Waals surface area (Å²) in [5.41, 5.74) is 4.83. The highest BCUT2D eigenvalue weighted by Gasteiger charge is 2.24. The van der Waals surface area contributed by atoms with Crippen molar-refractivity contribution in [1.29, 1.82) is 0 Å². The number of benzene rings is 3. The van der Waals surface area contributed by atoms with Crippen LogP contribution in [0.25, 0.3) is 33.6 Å². The van der Waals surface area contributed by atoms with E-state index in [9.17, 15) is 4.79 Å². The SMILES string of the molecule is COC[C@@H](Nc1ncnc2oc(-c3cccc(NC(=O)C=CCN(C)C)c3)c(-c3ccccc3)c12)c1ccccc1. The molecular weight excluding hydrogens is 514 g/mol. The Hall–Kier alpha value is -4.79. The van der Waals surface area contributed by atoms with E-state index in [1.165, 1.54) is 6.33 Å². The molecule has 1 atom stereocenters. The molecule has 41 heavy (non-hydrogen) atoms. The van der Waals surface area contributed by atoms with Crippen molar-refractivity contribution in [2.45, 2.75) is 6.04 Å². The smallest absolute Gasteiger partial charge is 0.248 e. The molecule has 0 fully saturated rings. The molecule has 2 N–H and O–H groups in total. The topological polar surface area (TPSA) is 92.5 Å². The third-order valence-electron chi connectivity index (χ3n) is 6.53. The normalized spacial score (nSPS) is 12.2. The quantitative estimate of drug-likeness (QED) is 0.185. The van der Waals surface area contributed by atoms with Gasteiger partial charge >= 0.3 is 0 Å². The van der Waals surface area contributed by atoms with E-state index >= 15 is 0 Å². The summed E-state index contributed by atoms with van der Waals surface area (Å²) in [4.78, 5) is 23.6. The highest BCUT2D eigenvalue weighted by Crippen LogP contribution is 2.43. The second-order valence-corrected chi connectivity index (χ2v) is 9.87. The minimum atomic E-state index is -0.195. The molecule has 8 heteroatoms. The van der Waals surface area contributed by atoms with Crippen LogP contribution in [-0.4, -0.2) is 55.1 Å². The van der Waals surface area contributed by atoms with E-state index in [-0.39, 0.29) is 11.9 Å². The Morgan fingerprint density at radius 3 is 2.44 bits per heavy atom. The number of amides is 1. The summed E-state index contributed by atoms with van der Waals surface area (Å²) in [5.74, 6) is 1.08. The van der Waals surface area contributed by atoms with E-state index in [1.54, 1.807) is 13.2 Å². The van der Waals surface area contributed by atoms with Gasteiger partial charge in [0.1, 0.15) is 17.9 Å². The number of likely N-dealkylation sites (N-methyl/N-ethyl adjacent to an activating group) is 1. The molecule has 3 aromatic carbocycles. The Kier molecular flexibility index (Phi) is 8.83. The van der Waals surface area contributed by atoms with Gasteiger partial charge in [-0.05, 0) is 37.4 Å². The number of anilines is 2. The zero-order chi connectivity index (χ0) is 28.6. The number of aromatic nitrogens is 2. The van der Waals surface area contributed by atoms with Crippen LogP contribution in [0.2, 0.25) is 0 Å². The van der Waals surface area contributed by atoms with Crippen molar-refractivity contribution < 1.29 is 13.9 Å². The summed E-state index contributed by atoms with van der Waals surface area (Å²) in [7, 11) is 5.59. The van der Waals surface area contributed by atoms with E-state index in [2.05, 4.69) is 32.7 Å². The van der Waals surface area contributed by atoms with Crippen molar-refractivity contribution in [2.24, 2.45) is 0 Å². The molecule has 208 valence electrons. The highest BCUT2D eigenvalue weighted by atomic mass is 16.5. The predicted octanol–water partition coefficient (Wildman–Crippen LogP) is 6.41. The summed E-state index contributed by atoms with van der Waals surface area (Å²) >= 11 is 0. The van der Waals surface area contributed by atoms with E-state index < -0.39 is 0 Å². The first-order valence-corrected chi connectivity index (χ1v) is 13.4. The lowest BCUT2D eigenvalue weighted by Gasteiger charge is -2.19. The first-order chi connectivity index (χ1) is 20.0. The van der Waals surface area contributed by atoms with Crippen LogP contribution in [-0.2, 0) is 9.53 Å². The van der Waals surface area contributed by atoms with Crippen LogP contribution in [0.1, 0.15) is 11.6 Å². The van der Waals surface area contributed by atoms with Gasteiger partial charge in [0.2, 0.25) is 11.6 Å². The fourth-order valence-corrected chi connectivity index (χ4v) is 4.66. The van der Waals surface area contributed by atoms with Gasteiger partial charge in [0, 0.05) is 36.5 Å². The van der Waals surface area contributed by atoms with Gasteiger partial charge in [0.15, 0.2) is 0 Å². The number of carbonyl (C=O) groups is 1. The minimum Gasteiger partial charge on any atom is -0.437 e. The maximum Gasteiger partial charge on any atom is 0.248 e. The number of ether oxygens (including phenoxy) is 1. The van der Waals surface area contributed by atoms with Gasteiger partial charge in [-0.1, -0.05) is 78.9 Å². The molecule has 0 saturated heterocycles. The average Bonchev–Trinajstić information content (AvgIpc) is 3.38. The van der Waals surface area contributed by atoms with Crippen LogP contribution < -0.4 is 10.6 Å². The molecule has 8 nitrogen and oxygen atoms in total. The number of furan rings is 1. The van der Waals surface area contributed by atoms with Crippen LogP contribution in [0.4, 0.5) is 11.5 Å². The molecule has 0 spiro atoms. The Balaban J connectivity index is 1.58. The molecule has 0 aliphatic heterocycles. The number of fused-ring (bicyclic) bond motifs is 1. The van der Waals surface area contributed by atoms with Gasteiger partial charge in [-0.25, -0.2) is 9.97 Å². The molecule has 0 bridgehead atoms. The van der Waals surface area contributed by atoms with Crippen molar-refractivity contribution >= 4 is 28.5 Å². The standard InChI is InChI=1S/C33H33N5O3/c1-38(2)19-11-18-28(39)36-26-17-10-16-25(20-26)31-29(24-14-8-5-9-15-24)30-32(34-22-35-33(30)41-31)37-27(21-40-3)23-12-6-4-7-13-23/h4-18,20,22,27H,19,21H2,1-3H3,(H,36,39)(H,34,35,37)/t27-/m1/s1. The fourth-order valence-electron chi connectivity index (χ4n) is 4.66. The molecule has 1 amide bonds. The zero-order valence-corrected chi connectivity index (χ0v) is 23.4. The molecule has 2 aromatic heterocycles. The summed E-state index contributed by atoms with van der Waals surface area (Å²) < 4.78 is 12.0. The maximum absolute atomic E-state index is 12.5. The molecule has 2 heterocycles. The molecule has 0 saturated carbocycles. The molecule has 0 aliphatic carbocycles. The third kappa shape index (κ3) is 6.69. The fraction of sp³-hybridized carbons (Fsp3) is 0.182. The van der Waals surface area contributed by atoms with E-state index in [0.29, 0.717) is 36.1 Å². The van der Waals surface area contributed by atoms with Crippen LogP contribution in [0.3, 0.4) is 0 Å². The Morgan fingerprint density at radius 1 is 0.976 bits per heavy atom. The van der Waals surface area contributed by atoms with Crippen LogP contribution >= 0.6 is 0 Å². The van der Waals surface area contributed by atoms with E-state index in [1.807, 2.05) is 97.9 Å². The molecular formula is C33H33N5O3. The molecule has 5 rings (SSSR count). The summed E-state index contributed by atoms with van der Waals surface area (Å²) in [6.07, 6.45) is 4.86. The van der Waals surface area contributed by atoms with Gasteiger partial charge in [0.25, 0.3) is 0 Å². The second kappa shape index (κ2) is 13.0. The summed E-state index contributed by atoms with van der Waals surface area (Å²) in [6.45, 7) is 1.13. The molecule has 0 unspecified atom stereocenters. The first-order valence-electron chi connectivity index (χ1n) is 13.4. The Morgan fingerprint density at radius 2 is 1.71 bits per heavy atom. The lowest BCUT2D eigenvalue weighted by atomic mass is 9.98. The highest BCUT2D eigenvalue weighted by molar-refractivity contribution is 6.06. The van der Waals surface area contributed by atoms with Gasteiger partial charge in [0.05, 0.1) is 18.0 Å². The van der Waals surface area contributed by atoms with Crippen molar-refractivity contribution in [3.8, 4) is 22.5 Å². The number of hydrogen-bond donors (Lipinski definition) is 2. The monoisotopic (exact) mass is 547 g/mol. The van der Waals surface area contributed by atoms with E-state index in [4.69, 9.17) is 9.15 Å². The van der Waals surface area contributed by atoms with Crippen molar-refractivity contribution in [2.75, 3.05) is 45.0 Å². The second-order valence-electron chi connectivity index (χ2n) is 9.87. The van der Waals surface area contributed by atoms with Crippen LogP contribution in [0.5, 0.6) is 0 Å². The predicted molar refractivity (Wildman–Crippen MR) is 164 cm³/mol. The number of methoxy groups -OCH3 is 1.